The van der Waals surface area contributed by atoms with Crippen molar-refractivity contribution < 1.29 is 13.2 Å². The van der Waals surface area contributed by atoms with Gasteiger partial charge in [0.2, 0.25) is 10.0 Å². The Labute approximate surface area is 165 Å². The summed E-state index contributed by atoms with van der Waals surface area (Å²) < 4.78 is 32.0. The monoisotopic (exact) mass is 397 g/mol. The SMILES string of the molecule is CS(=O)(=O)N1CCC2(CC1)Oc1ccccc1[C@@H]1C=C(c3ccccc3)NN12. The summed E-state index contributed by atoms with van der Waals surface area (Å²) >= 11 is 0. The number of rotatable bonds is 2. The summed E-state index contributed by atoms with van der Waals surface area (Å²) in [5.74, 6) is 0.879. The van der Waals surface area contributed by atoms with E-state index >= 15 is 0 Å². The quantitative estimate of drug-likeness (QED) is 0.844. The highest BCUT2D eigenvalue weighted by molar-refractivity contribution is 7.88. The maximum atomic E-state index is 12.0. The molecular formula is C21H23N3O3S. The lowest BCUT2D eigenvalue weighted by atomic mass is 9.93. The van der Waals surface area contributed by atoms with Gasteiger partial charge in [-0.2, -0.15) is 5.01 Å². The lowest BCUT2D eigenvalue weighted by Crippen LogP contribution is -2.64. The van der Waals surface area contributed by atoms with Gasteiger partial charge in [-0.05, 0) is 17.7 Å². The molecule has 0 aromatic heterocycles. The average molecular weight is 398 g/mol. The van der Waals surface area contributed by atoms with Crippen LogP contribution in [-0.2, 0) is 10.0 Å². The number of ether oxygens (including phenoxy) is 1. The summed E-state index contributed by atoms with van der Waals surface area (Å²) in [6.07, 6.45) is 4.72. The van der Waals surface area contributed by atoms with Crippen molar-refractivity contribution in [3.8, 4) is 5.75 Å². The molecule has 3 aliphatic heterocycles. The molecule has 0 radical (unpaired) electrons. The molecule has 0 unspecified atom stereocenters. The fraction of sp³-hybridized carbons (Fsp3) is 0.333. The number of benzene rings is 2. The molecule has 6 nitrogen and oxygen atoms in total. The summed E-state index contributed by atoms with van der Waals surface area (Å²) in [5, 5.41) is 2.18. The molecule has 3 aliphatic rings. The Balaban J connectivity index is 1.52. The van der Waals surface area contributed by atoms with Crippen molar-refractivity contribution in [1.82, 2.24) is 14.7 Å². The molecule has 0 amide bonds. The van der Waals surface area contributed by atoms with Gasteiger partial charge < -0.3 is 10.2 Å². The molecule has 0 saturated carbocycles. The summed E-state index contributed by atoms with van der Waals surface area (Å²) in [5.41, 5.74) is 6.29. The predicted octanol–water partition coefficient (Wildman–Crippen LogP) is 2.73. The molecule has 2 aromatic carbocycles. The van der Waals surface area contributed by atoms with E-state index in [1.54, 1.807) is 4.31 Å². The summed E-state index contributed by atoms with van der Waals surface area (Å²) in [4.78, 5) is 0. The molecule has 146 valence electrons. The van der Waals surface area contributed by atoms with Crippen LogP contribution >= 0.6 is 0 Å². The zero-order valence-corrected chi connectivity index (χ0v) is 16.5. The van der Waals surface area contributed by atoms with Crippen LogP contribution in [0.3, 0.4) is 0 Å². The van der Waals surface area contributed by atoms with Crippen LogP contribution in [0.5, 0.6) is 5.75 Å². The van der Waals surface area contributed by atoms with Crippen molar-refractivity contribution in [2.75, 3.05) is 19.3 Å². The summed E-state index contributed by atoms with van der Waals surface area (Å²) in [7, 11) is -3.19. The molecule has 0 aliphatic carbocycles. The number of para-hydroxylation sites is 1. The van der Waals surface area contributed by atoms with Crippen molar-refractivity contribution in [2.45, 2.75) is 24.6 Å². The van der Waals surface area contributed by atoms with Crippen LogP contribution in [0.1, 0.15) is 30.0 Å². The maximum Gasteiger partial charge on any atom is 0.211 e. The van der Waals surface area contributed by atoms with Gasteiger partial charge in [0.25, 0.3) is 0 Å². The second-order valence-corrected chi connectivity index (χ2v) is 9.60. The number of hydrogen-bond donors (Lipinski definition) is 1. The second-order valence-electron chi connectivity index (χ2n) is 7.62. The lowest BCUT2D eigenvalue weighted by molar-refractivity contribution is -0.153. The summed E-state index contributed by atoms with van der Waals surface area (Å²) in [6, 6.07) is 18.4. The van der Waals surface area contributed by atoms with Gasteiger partial charge in [-0.15, -0.1) is 0 Å². The Kier molecular flexibility index (Phi) is 4.01. The highest BCUT2D eigenvalue weighted by Crippen LogP contribution is 2.48. The maximum absolute atomic E-state index is 12.0. The van der Waals surface area contributed by atoms with Gasteiger partial charge in [0.15, 0.2) is 5.72 Å². The van der Waals surface area contributed by atoms with E-state index in [9.17, 15) is 8.42 Å². The van der Waals surface area contributed by atoms with E-state index in [2.05, 4.69) is 34.7 Å². The largest absolute Gasteiger partial charge is 0.470 e. The molecule has 7 heteroatoms. The zero-order valence-electron chi connectivity index (χ0n) is 15.7. The highest BCUT2D eigenvalue weighted by Gasteiger charge is 2.52. The molecule has 0 bridgehead atoms. The minimum atomic E-state index is -3.19. The van der Waals surface area contributed by atoms with Gasteiger partial charge in [0.1, 0.15) is 5.75 Å². The van der Waals surface area contributed by atoms with Crippen LogP contribution in [0.2, 0.25) is 0 Å². The number of sulfonamides is 1. The molecule has 1 spiro atoms. The van der Waals surface area contributed by atoms with Gasteiger partial charge in [-0.3, -0.25) is 0 Å². The van der Waals surface area contributed by atoms with Gasteiger partial charge in [-0.1, -0.05) is 48.5 Å². The van der Waals surface area contributed by atoms with Gasteiger partial charge >= 0.3 is 0 Å². The van der Waals surface area contributed by atoms with Crippen molar-refractivity contribution in [3.05, 3.63) is 71.8 Å². The van der Waals surface area contributed by atoms with Crippen molar-refractivity contribution >= 4 is 15.7 Å². The molecule has 1 fully saturated rings. The third-order valence-corrected chi connectivity index (χ3v) is 7.18. The van der Waals surface area contributed by atoms with E-state index in [-0.39, 0.29) is 6.04 Å². The van der Waals surface area contributed by atoms with Crippen molar-refractivity contribution in [1.29, 1.82) is 0 Å². The van der Waals surface area contributed by atoms with E-state index in [0.29, 0.717) is 25.9 Å². The van der Waals surface area contributed by atoms with Crippen LogP contribution in [0.15, 0.2) is 60.7 Å². The van der Waals surface area contributed by atoms with Crippen LogP contribution < -0.4 is 10.2 Å². The van der Waals surface area contributed by atoms with Crippen LogP contribution in [-0.4, -0.2) is 42.8 Å². The minimum absolute atomic E-state index is 0.0462. The van der Waals surface area contributed by atoms with E-state index < -0.39 is 15.7 Å². The second kappa shape index (κ2) is 6.34. The molecule has 28 heavy (non-hydrogen) atoms. The summed E-state index contributed by atoms with van der Waals surface area (Å²) in [6.45, 7) is 0.902. The molecule has 1 atom stereocenters. The first-order chi connectivity index (χ1) is 13.5. The van der Waals surface area contributed by atoms with Crippen molar-refractivity contribution in [2.24, 2.45) is 0 Å². The first-order valence-electron chi connectivity index (χ1n) is 9.53. The number of piperidine rings is 1. The number of hydrogen-bond acceptors (Lipinski definition) is 5. The Hall–Kier alpha value is -2.35. The standard InChI is InChI=1S/C21H23N3O3S/c1-28(25,26)23-13-11-21(12-14-23)24-19(17-9-5-6-10-20(17)27-21)15-18(22-24)16-7-3-2-4-8-16/h2-10,15,19,22H,11-14H2,1H3/t19-/m0/s1. The average Bonchev–Trinajstić information content (AvgIpc) is 3.15. The smallest absolute Gasteiger partial charge is 0.211 e. The van der Waals surface area contributed by atoms with Crippen LogP contribution in [0.4, 0.5) is 0 Å². The minimum Gasteiger partial charge on any atom is -0.470 e. The van der Waals surface area contributed by atoms with Gasteiger partial charge in [0.05, 0.1) is 18.0 Å². The first-order valence-corrected chi connectivity index (χ1v) is 11.4. The van der Waals surface area contributed by atoms with E-state index in [1.165, 1.54) is 6.26 Å². The van der Waals surface area contributed by atoms with Gasteiger partial charge in [-0.25, -0.2) is 12.7 Å². The zero-order chi connectivity index (χ0) is 19.4. The fourth-order valence-electron chi connectivity index (χ4n) is 4.41. The lowest BCUT2D eigenvalue weighted by Gasteiger charge is -2.51. The first kappa shape index (κ1) is 17.7. The number of fused-ring (bicyclic) bond motifs is 4. The van der Waals surface area contributed by atoms with Crippen LogP contribution in [0.25, 0.3) is 5.70 Å². The Morgan fingerprint density at radius 3 is 2.43 bits per heavy atom. The fourth-order valence-corrected chi connectivity index (χ4v) is 5.26. The third kappa shape index (κ3) is 2.82. The topological polar surface area (TPSA) is 61.9 Å². The molecule has 2 aromatic rings. The van der Waals surface area contributed by atoms with E-state index in [4.69, 9.17) is 4.74 Å². The molecule has 1 saturated heterocycles. The predicted molar refractivity (Wildman–Crippen MR) is 108 cm³/mol. The van der Waals surface area contributed by atoms with Crippen LogP contribution in [0, 0.1) is 0 Å². The Morgan fingerprint density at radius 2 is 1.71 bits per heavy atom. The van der Waals surface area contributed by atoms with E-state index in [0.717, 1.165) is 22.6 Å². The molecule has 1 N–H and O–H groups in total. The van der Waals surface area contributed by atoms with Crippen molar-refractivity contribution in [3.63, 3.8) is 0 Å². The molecular weight excluding hydrogens is 374 g/mol. The number of nitrogens with one attached hydrogen (secondary N) is 1. The molecule has 5 rings (SSSR count). The number of hydrazine groups is 1. The van der Waals surface area contributed by atoms with E-state index in [1.807, 2.05) is 36.4 Å². The normalized spacial score (nSPS) is 24.0. The number of nitrogens with zero attached hydrogens (tertiary/aromatic N) is 2. The third-order valence-electron chi connectivity index (χ3n) is 5.88. The Bertz CT molecular complexity index is 1030. The highest BCUT2D eigenvalue weighted by atomic mass is 32.2. The molecule has 3 heterocycles. The Morgan fingerprint density at radius 1 is 1.04 bits per heavy atom. The van der Waals surface area contributed by atoms with Gasteiger partial charge in [0, 0.05) is 31.5 Å².